The van der Waals surface area contributed by atoms with Crippen molar-refractivity contribution in [3.8, 4) is 17.2 Å². The summed E-state index contributed by atoms with van der Waals surface area (Å²) >= 11 is 6.15. The zero-order valence-electron chi connectivity index (χ0n) is 21.3. The Kier molecular flexibility index (Phi) is 8.25. The van der Waals surface area contributed by atoms with Crippen molar-refractivity contribution >= 4 is 48.4 Å². The van der Waals surface area contributed by atoms with E-state index in [4.69, 9.17) is 16.3 Å². The first-order valence-corrected chi connectivity index (χ1v) is 12.5. The number of hydrogen-bond donors (Lipinski definition) is 6. The van der Waals surface area contributed by atoms with Gasteiger partial charge in [0, 0.05) is 25.2 Å². The molecular weight excluding hydrogens is 570 g/mol. The molecule has 6 N–H and O–H groups in total. The van der Waals surface area contributed by atoms with E-state index >= 15 is 0 Å². The minimum atomic E-state index is -1.85. The molecule has 2 unspecified atom stereocenters. The second-order valence-corrected chi connectivity index (χ2v) is 9.48. The quantitative estimate of drug-likeness (QED) is 0.152. The predicted octanol–water partition coefficient (Wildman–Crippen LogP) is 0.170. The normalized spacial score (nSPS) is 17.5. The number of carboxylic acid groups (broad SMARTS) is 1. The number of rotatable bonds is 6. The maximum absolute atomic E-state index is 14.1. The molecule has 5 amide bonds. The zero-order valence-corrected chi connectivity index (χ0v) is 22.0. The number of carbonyl (C=O) groups is 5. The van der Waals surface area contributed by atoms with Crippen molar-refractivity contribution in [2.24, 2.45) is 0 Å². The highest BCUT2D eigenvalue weighted by Crippen LogP contribution is 2.38. The molecule has 4 rings (SSSR count). The van der Waals surface area contributed by atoms with E-state index in [0.717, 1.165) is 18.2 Å². The van der Waals surface area contributed by atoms with Crippen LogP contribution in [0.2, 0.25) is 5.02 Å². The van der Waals surface area contributed by atoms with Crippen molar-refractivity contribution in [1.82, 2.24) is 20.4 Å². The standard InChI is InChI=1S/C24H23BClFN4O10/c1-2-30-7-8-31(22(36)21(30)35)24(39)29-17(11-4-6-13(32)18(33)16(11)26)20(34)28-14-9-10-3-5-12(27)15(23(37)38)19(10)41-25(14)40/h3-6,14,17,32-33,40H,2,7-9H2,1H3,(H,28,34)(H,29,39)(H,37,38). The number of fused-ring (bicyclic) bond motifs is 1. The Labute approximate surface area is 236 Å². The molecule has 2 atom stereocenters. The lowest BCUT2D eigenvalue weighted by atomic mass is 9.72. The van der Waals surface area contributed by atoms with E-state index in [2.05, 4.69) is 10.6 Å². The van der Waals surface area contributed by atoms with Gasteiger partial charge in [0.1, 0.15) is 23.2 Å². The Bertz CT molecular complexity index is 1460. The van der Waals surface area contributed by atoms with Crippen molar-refractivity contribution < 1.29 is 53.4 Å². The third-order valence-corrected chi connectivity index (χ3v) is 7.05. The van der Waals surface area contributed by atoms with Crippen LogP contribution in [-0.4, -0.2) is 92.6 Å². The summed E-state index contributed by atoms with van der Waals surface area (Å²) in [6.45, 7) is 1.77. The number of hydrogen-bond acceptors (Lipinski definition) is 9. The SMILES string of the molecule is CCN1CCN(C(=O)NC(C(=O)NC2Cc3ccc(F)c(C(=O)O)c3OB2O)c2ccc(O)c(O)c2Cl)C(=O)C1=O. The number of carboxylic acids is 1. The summed E-state index contributed by atoms with van der Waals surface area (Å²) in [7, 11) is -1.85. The van der Waals surface area contributed by atoms with Crippen LogP contribution in [0, 0.1) is 5.82 Å². The fraction of sp³-hybridized carbons (Fsp3) is 0.292. The number of urea groups is 1. The molecule has 2 aliphatic heterocycles. The van der Waals surface area contributed by atoms with Gasteiger partial charge in [0.15, 0.2) is 11.5 Å². The van der Waals surface area contributed by atoms with E-state index in [1.165, 1.54) is 11.0 Å². The number of imide groups is 1. The van der Waals surface area contributed by atoms with E-state index in [-0.39, 0.29) is 37.2 Å². The van der Waals surface area contributed by atoms with Crippen LogP contribution < -0.4 is 15.3 Å². The van der Waals surface area contributed by atoms with E-state index < -0.39 is 82.5 Å². The molecule has 0 saturated carbocycles. The summed E-state index contributed by atoms with van der Waals surface area (Å²) in [6, 6.07) is 1.33. The lowest BCUT2D eigenvalue weighted by molar-refractivity contribution is -0.153. The first-order chi connectivity index (χ1) is 19.3. The number of aromatic hydroxyl groups is 2. The molecule has 0 spiro atoms. The first-order valence-electron chi connectivity index (χ1n) is 12.2. The second-order valence-electron chi connectivity index (χ2n) is 9.10. The Morgan fingerprint density at radius 1 is 1.17 bits per heavy atom. The van der Waals surface area contributed by atoms with Gasteiger partial charge in [-0.15, -0.1) is 0 Å². The van der Waals surface area contributed by atoms with Crippen LogP contribution in [0.25, 0.3) is 0 Å². The molecule has 0 radical (unpaired) electrons. The van der Waals surface area contributed by atoms with Crippen LogP contribution in [-0.2, 0) is 20.8 Å². The maximum atomic E-state index is 14.1. The summed E-state index contributed by atoms with van der Waals surface area (Å²) < 4.78 is 19.3. The summed E-state index contributed by atoms with van der Waals surface area (Å²) in [4.78, 5) is 64.7. The number of phenols is 2. The molecule has 2 heterocycles. The molecule has 2 aliphatic rings. The Balaban J connectivity index is 1.62. The highest BCUT2D eigenvalue weighted by Gasteiger charge is 2.42. The monoisotopic (exact) mass is 592 g/mol. The number of halogens is 2. The molecule has 0 aromatic heterocycles. The number of carbonyl (C=O) groups excluding carboxylic acids is 4. The number of likely N-dealkylation sites (N-methyl/N-ethyl adjacent to an activating group) is 1. The minimum Gasteiger partial charge on any atom is -0.534 e. The molecule has 2 aromatic rings. The number of benzene rings is 2. The fourth-order valence-electron chi connectivity index (χ4n) is 4.47. The number of amides is 5. The van der Waals surface area contributed by atoms with Gasteiger partial charge in [0.05, 0.1) is 11.0 Å². The number of nitrogens with zero attached hydrogens (tertiary/aromatic N) is 2. The van der Waals surface area contributed by atoms with Gasteiger partial charge in [0.25, 0.3) is 0 Å². The van der Waals surface area contributed by atoms with Gasteiger partial charge in [-0.05, 0) is 31.0 Å². The lowest BCUT2D eigenvalue weighted by Crippen LogP contribution is -2.60. The molecule has 2 aromatic carbocycles. The van der Waals surface area contributed by atoms with Crippen molar-refractivity contribution in [3.05, 3.63) is 51.8 Å². The summed E-state index contributed by atoms with van der Waals surface area (Å²) in [6.07, 6.45) is -0.218. The molecule has 1 fully saturated rings. The highest BCUT2D eigenvalue weighted by atomic mass is 35.5. The molecular formula is C24H23BClFN4O10. The predicted molar refractivity (Wildman–Crippen MR) is 138 cm³/mol. The van der Waals surface area contributed by atoms with Gasteiger partial charge in [-0.25, -0.2) is 14.0 Å². The Morgan fingerprint density at radius 2 is 1.88 bits per heavy atom. The number of nitrogens with one attached hydrogen (secondary N) is 2. The van der Waals surface area contributed by atoms with Crippen LogP contribution in [0.3, 0.4) is 0 Å². The maximum Gasteiger partial charge on any atom is 0.547 e. The van der Waals surface area contributed by atoms with Gasteiger partial charge >= 0.3 is 30.9 Å². The van der Waals surface area contributed by atoms with Crippen LogP contribution in [0.4, 0.5) is 9.18 Å². The van der Waals surface area contributed by atoms with E-state index in [1.807, 2.05) is 0 Å². The van der Waals surface area contributed by atoms with Crippen LogP contribution in [0.5, 0.6) is 17.2 Å². The number of piperazine rings is 1. The smallest absolute Gasteiger partial charge is 0.534 e. The number of phenolic OH excluding ortho intramolecular Hbond substituents is 2. The van der Waals surface area contributed by atoms with Crippen molar-refractivity contribution in [1.29, 1.82) is 0 Å². The van der Waals surface area contributed by atoms with E-state index in [9.17, 15) is 48.7 Å². The van der Waals surface area contributed by atoms with Crippen molar-refractivity contribution in [3.63, 3.8) is 0 Å². The third-order valence-electron chi connectivity index (χ3n) is 6.65. The Hall–Kier alpha value is -4.57. The second kappa shape index (κ2) is 11.5. The average molecular weight is 593 g/mol. The minimum absolute atomic E-state index is 0.0516. The number of aromatic carboxylic acids is 1. The summed E-state index contributed by atoms with van der Waals surface area (Å²) in [5.74, 6) is -8.92. The molecule has 0 aliphatic carbocycles. The van der Waals surface area contributed by atoms with Gasteiger partial charge in [-0.1, -0.05) is 23.7 Å². The molecule has 17 heteroatoms. The van der Waals surface area contributed by atoms with Gasteiger partial charge in [-0.2, -0.15) is 0 Å². The highest BCUT2D eigenvalue weighted by molar-refractivity contribution is 6.47. The van der Waals surface area contributed by atoms with Gasteiger partial charge in [0.2, 0.25) is 5.91 Å². The summed E-state index contributed by atoms with van der Waals surface area (Å²) in [5, 5.41) is 43.9. The molecule has 41 heavy (non-hydrogen) atoms. The van der Waals surface area contributed by atoms with Gasteiger partial charge in [-0.3, -0.25) is 19.3 Å². The molecule has 1 saturated heterocycles. The van der Waals surface area contributed by atoms with Crippen LogP contribution in [0.15, 0.2) is 24.3 Å². The van der Waals surface area contributed by atoms with Crippen molar-refractivity contribution in [2.45, 2.75) is 25.3 Å². The fourth-order valence-corrected chi connectivity index (χ4v) is 4.74. The Morgan fingerprint density at radius 3 is 2.54 bits per heavy atom. The first kappa shape index (κ1) is 29.4. The third kappa shape index (κ3) is 5.56. The van der Waals surface area contributed by atoms with E-state index in [1.54, 1.807) is 6.92 Å². The molecule has 0 bridgehead atoms. The topological polar surface area (TPSA) is 206 Å². The molecule has 216 valence electrons. The lowest BCUT2D eigenvalue weighted by Gasteiger charge is -2.33. The average Bonchev–Trinajstić information content (AvgIpc) is 2.92. The summed E-state index contributed by atoms with van der Waals surface area (Å²) in [5.41, 5.74) is -0.871. The van der Waals surface area contributed by atoms with E-state index in [0.29, 0.717) is 4.90 Å². The van der Waals surface area contributed by atoms with Crippen molar-refractivity contribution in [2.75, 3.05) is 19.6 Å². The van der Waals surface area contributed by atoms with Gasteiger partial charge < -0.3 is 40.5 Å². The van der Waals surface area contributed by atoms with Crippen LogP contribution >= 0.6 is 11.6 Å². The molecule has 14 nitrogen and oxygen atoms in total. The largest absolute Gasteiger partial charge is 0.547 e. The van der Waals surface area contributed by atoms with Crippen LogP contribution in [0.1, 0.15) is 34.5 Å². The zero-order chi connectivity index (χ0) is 30.2.